The lowest BCUT2D eigenvalue weighted by molar-refractivity contribution is -0.118. The van der Waals surface area contributed by atoms with Crippen LogP contribution in [-0.2, 0) is 11.2 Å². The van der Waals surface area contributed by atoms with Gasteiger partial charge in [-0.1, -0.05) is 26.0 Å². The molecule has 3 N–H and O–H groups in total. The molecule has 28 heavy (non-hydrogen) atoms. The van der Waals surface area contributed by atoms with Crippen molar-refractivity contribution >= 4 is 17.5 Å². The Kier molecular flexibility index (Phi) is 4.69. The number of hydrogen-bond acceptors (Lipinski definition) is 3. The number of carbonyl (C=O) groups excluding carboxylic acids is 2. The molecule has 0 unspecified atom stereocenters. The molecule has 0 radical (unpaired) electrons. The number of rotatable bonds is 4. The quantitative estimate of drug-likeness (QED) is 0.652. The molecule has 4 rings (SSSR count). The SMILES string of the molecule is CC(C)C(=O)Nc1ccc(-c2cc(-c3cc4c([nH]3)CCNC4=O)ccn2)cc1. The van der Waals surface area contributed by atoms with Gasteiger partial charge in [0.2, 0.25) is 5.91 Å². The smallest absolute Gasteiger partial charge is 0.253 e. The zero-order valence-electron chi connectivity index (χ0n) is 15.9. The highest BCUT2D eigenvalue weighted by molar-refractivity contribution is 5.98. The first-order valence-corrected chi connectivity index (χ1v) is 9.39. The van der Waals surface area contributed by atoms with E-state index in [4.69, 9.17) is 0 Å². The summed E-state index contributed by atoms with van der Waals surface area (Å²) < 4.78 is 0. The van der Waals surface area contributed by atoms with Gasteiger partial charge in [-0.2, -0.15) is 0 Å². The first kappa shape index (κ1) is 18.0. The van der Waals surface area contributed by atoms with Gasteiger partial charge in [-0.25, -0.2) is 0 Å². The highest BCUT2D eigenvalue weighted by atomic mass is 16.2. The van der Waals surface area contributed by atoms with E-state index in [1.165, 1.54) is 0 Å². The molecule has 0 fully saturated rings. The van der Waals surface area contributed by atoms with Crippen LogP contribution in [0.5, 0.6) is 0 Å². The molecule has 3 aromatic rings. The Morgan fingerprint density at radius 3 is 2.61 bits per heavy atom. The summed E-state index contributed by atoms with van der Waals surface area (Å²) in [6.07, 6.45) is 2.57. The molecule has 2 amide bonds. The van der Waals surface area contributed by atoms with Crippen molar-refractivity contribution in [2.24, 2.45) is 5.92 Å². The Labute approximate surface area is 163 Å². The average molecular weight is 374 g/mol. The molecule has 1 aromatic carbocycles. The third-order valence-electron chi connectivity index (χ3n) is 4.85. The summed E-state index contributed by atoms with van der Waals surface area (Å²) in [5.41, 5.74) is 6.12. The second-order valence-corrected chi connectivity index (χ2v) is 7.23. The van der Waals surface area contributed by atoms with Crippen LogP contribution >= 0.6 is 0 Å². The van der Waals surface area contributed by atoms with E-state index in [1.807, 2.05) is 56.3 Å². The van der Waals surface area contributed by atoms with Crippen molar-refractivity contribution in [1.29, 1.82) is 0 Å². The number of hydrogen-bond donors (Lipinski definition) is 3. The molecule has 1 aliphatic rings. The van der Waals surface area contributed by atoms with Gasteiger partial charge in [-0.05, 0) is 30.3 Å². The fraction of sp³-hybridized carbons (Fsp3) is 0.227. The van der Waals surface area contributed by atoms with Crippen LogP contribution in [0.4, 0.5) is 5.69 Å². The topological polar surface area (TPSA) is 86.9 Å². The summed E-state index contributed by atoms with van der Waals surface area (Å²) in [5, 5.41) is 5.75. The molecule has 6 nitrogen and oxygen atoms in total. The van der Waals surface area contributed by atoms with Crippen LogP contribution in [0.25, 0.3) is 22.5 Å². The van der Waals surface area contributed by atoms with Crippen molar-refractivity contribution in [3.8, 4) is 22.5 Å². The number of anilines is 1. The molecule has 0 saturated carbocycles. The van der Waals surface area contributed by atoms with E-state index >= 15 is 0 Å². The standard InChI is InChI=1S/C22H22N4O2/c1-13(2)21(27)25-16-5-3-14(4-6-16)19-11-15(7-9-23-19)20-12-17-18(26-20)8-10-24-22(17)28/h3-7,9,11-13,26H,8,10H2,1-2H3,(H,24,28)(H,25,27). The second kappa shape index (κ2) is 7.31. The minimum Gasteiger partial charge on any atom is -0.358 e. The number of pyridine rings is 1. The molecule has 0 bridgehead atoms. The summed E-state index contributed by atoms with van der Waals surface area (Å²) in [5.74, 6) is -0.101. The molecule has 0 atom stereocenters. The minimum atomic E-state index is -0.0632. The zero-order chi connectivity index (χ0) is 19.7. The van der Waals surface area contributed by atoms with E-state index in [2.05, 4.69) is 20.6 Å². The molecule has 142 valence electrons. The first-order valence-electron chi connectivity index (χ1n) is 9.39. The monoisotopic (exact) mass is 374 g/mol. The number of nitrogens with one attached hydrogen (secondary N) is 3. The summed E-state index contributed by atoms with van der Waals surface area (Å²) in [6, 6.07) is 13.5. The summed E-state index contributed by atoms with van der Waals surface area (Å²) >= 11 is 0. The van der Waals surface area contributed by atoms with Crippen LogP contribution in [0.1, 0.15) is 29.9 Å². The molecule has 0 saturated heterocycles. The first-order chi connectivity index (χ1) is 13.5. The fourth-order valence-electron chi connectivity index (χ4n) is 3.22. The van der Waals surface area contributed by atoms with E-state index in [9.17, 15) is 9.59 Å². The van der Waals surface area contributed by atoms with Crippen LogP contribution in [0.15, 0.2) is 48.7 Å². The van der Waals surface area contributed by atoms with E-state index in [0.717, 1.165) is 40.3 Å². The predicted molar refractivity (Wildman–Crippen MR) is 109 cm³/mol. The molecule has 0 spiro atoms. The lowest BCUT2D eigenvalue weighted by Gasteiger charge is -2.11. The lowest BCUT2D eigenvalue weighted by Crippen LogP contribution is -2.31. The third-order valence-corrected chi connectivity index (χ3v) is 4.85. The number of aromatic nitrogens is 2. The van der Waals surface area contributed by atoms with Crippen molar-refractivity contribution in [2.45, 2.75) is 20.3 Å². The largest absolute Gasteiger partial charge is 0.358 e. The number of aromatic amines is 1. The van der Waals surface area contributed by atoms with Gasteiger partial charge in [0.1, 0.15) is 0 Å². The highest BCUT2D eigenvalue weighted by Gasteiger charge is 2.20. The summed E-state index contributed by atoms with van der Waals surface area (Å²) in [7, 11) is 0. The van der Waals surface area contributed by atoms with Crippen LogP contribution in [0.3, 0.4) is 0 Å². The Morgan fingerprint density at radius 2 is 1.89 bits per heavy atom. The van der Waals surface area contributed by atoms with Crippen molar-refractivity contribution in [2.75, 3.05) is 11.9 Å². The number of benzene rings is 1. The van der Waals surface area contributed by atoms with Gasteiger partial charge in [0.05, 0.1) is 11.3 Å². The summed E-state index contributed by atoms with van der Waals surface area (Å²) in [6.45, 7) is 4.38. The Morgan fingerprint density at radius 1 is 1.11 bits per heavy atom. The van der Waals surface area contributed by atoms with Gasteiger partial charge < -0.3 is 15.6 Å². The number of nitrogens with zero attached hydrogens (tertiary/aromatic N) is 1. The highest BCUT2D eigenvalue weighted by Crippen LogP contribution is 2.27. The van der Waals surface area contributed by atoms with Crippen LogP contribution < -0.4 is 10.6 Å². The Hall–Kier alpha value is -3.41. The zero-order valence-corrected chi connectivity index (χ0v) is 15.9. The molecular formula is C22H22N4O2. The van der Waals surface area contributed by atoms with Crippen molar-refractivity contribution in [1.82, 2.24) is 15.3 Å². The van der Waals surface area contributed by atoms with Gasteiger partial charge >= 0.3 is 0 Å². The van der Waals surface area contributed by atoms with E-state index in [1.54, 1.807) is 6.20 Å². The van der Waals surface area contributed by atoms with Crippen molar-refractivity contribution < 1.29 is 9.59 Å². The number of amides is 2. The van der Waals surface area contributed by atoms with Gasteiger partial charge in [-0.3, -0.25) is 14.6 Å². The lowest BCUT2D eigenvalue weighted by atomic mass is 10.1. The summed E-state index contributed by atoms with van der Waals surface area (Å²) in [4.78, 5) is 31.6. The maximum atomic E-state index is 12.0. The normalized spacial score (nSPS) is 13.2. The van der Waals surface area contributed by atoms with Gasteiger partial charge in [0, 0.05) is 53.3 Å². The predicted octanol–water partition coefficient (Wildman–Crippen LogP) is 3.62. The average Bonchev–Trinajstić information content (AvgIpc) is 3.14. The molecular weight excluding hydrogens is 352 g/mol. The maximum absolute atomic E-state index is 12.0. The number of H-pyrrole nitrogens is 1. The van der Waals surface area contributed by atoms with Crippen LogP contribution in [0.2, 0.25) is 0 Å². The van der Waals surface area contributed by atoms with E-state index < -0.39 is 0 Å². The van der Waals surface area contributed by atoms with Gasteiger partial charge in [0.25, 0.3) is 5.91 Å². The number of carbonyl (C=O) groups is 2. The van der Waals surface area contributed by atoms with E-state index in [-0.39, 0.29) is 17.7 Å². The fourth-order valence-corrected chi connectivity index (χ4v) is 3.22. The van der Waals surface area contributed by atoms with E-state index in [0.29, 0.717) is 12.1 Å². The van der Waals surface area contributed by atoms with Crippen LogP contribution in [-0.4, -0.2) is 28.3 Å². The van der Waals surface area contributed by atoms with Crippen LogP contribution in [0, 0.1) is 5.92 Å². The Balaban J connectivity index is 1.59. The molecule has 6 heteroatoms. The Bertz CT molecular complexity index is 1030. The maximum Gasteiger partial charge on any atom is 0.253 e. The second-order valence-electron chi connectivity index (χ2n) is 7.23. The molecule has 1 aliphatic heterocycles. The molecule has 0 aliphatic carbocycles. The van der Waals surface area contributed by atoms with Gasteiger partial charge in [-0.15, -0.1) is 0 Å². The molecule has 3 heterocycles. The van der Waals surface area contributed by atoms with Crippen molar-refractivity contribution in [3.63, 3.8) is 0 Å². The van der Waals surface area contributed by atoms with Gasteiger partial charge in [0.15, 0.2) is 0 Å². The van der Waals surface area contributed by atoms with Crippen molar-refractivity contribution in [3.05, 3.63) is 59.9 Å². The third kappa shape index (κ3) is 3.53. The molecule has 2 aromatic heterocycles. The number of fused-ring (bicyclic) bond motifs is 1. The minimum absolute atomic E-state index is 0.00683.